The van der Waals surface area contributed by atoms with Gasteiger partial charge in [0.25, 0.3) is 5.91 Å². The number of hydrazone groups is 1. The van der Waals surface area contributed by atoms with Crippen molar-refractivity contribution < 1.29 is 9.42 Å². The topological polar surface area (TPSA) is 140 Å². The number of nitrogens with one attached hydrogen (secondary N) is 1. The first-order valence-electron chi connectivity index (χ1n) is 10.3. The van der Waals surface area contributed by atoms with E-state index in [1.165, 1.54) is 30.4 Å². The van der Waals surface area contributed by atoms with Crippen molar-refractivity contribution in [1.29, 1.82) is 0 Å². The van der Waals surface area contributed by atoms with Crippen molar-refractivity contribution in [2.24, 2.45) is 11.0 Å². The van der Waals surface area contributed by atoms with Gasteiger partial charge in [-0.15, -0.1) is 5.10 Å². The third kappa shape index (κ3) is 4.61. The maximum Gasteiger partial charge on any atom is 0.292 e. The normalized spacial score (nSPS) is 19.0. The standard InChI is InChI=1S/C18H27N9O2/c19-16-17(24-29-23-16)27-15(14(21-25-27)12-26-9-5-2-6-10-26)18(28)22-20-11-13-7-3-1-4-8-13/h11,13H,1-10,12H2,(H2,19,23)(H,22,28)/b20-11-. The lowest BCUT2D eigenvalue weighted by Crippen LogP contribution is -2.31. The third-order valence-corrected chi connectivity index (χ3v) is 5.57. The summed E-state index contributed by atoms with van der Waals surface area (Å²) in [6, 6.07) is 0. The summed E-state index contributed by atoms with van der Waals surface area (Å²) in [5, 5.41) is 19.8. The minimum atomic E-state index is -0.406. The molecule has 11 heteroatoms. The van der Waals surface area contributed by atoms with E-state index in [9.17, 15) is 4.79 Å². The number of piperidine rings is 1. The number of carbonyl (C=O) groups is 1. The molecule has 2 aromatic rings. The zero-order chi connectivity index (χ0) is 20.1. The summed E-state index contributed by atoms with van der Waals surface area (Å²) in [7, 11) is 0. The van der Waals surface area contributed by atoms with Crippen molar-refractivity contribution in [3.63, 3.8) is 0 Å². The molecule has 29 heavy (non-hydrogen) atoms. The van der Waals surface area contributed by atoms with E-state index in [-0.39, 0.29) is 17.3 Å². The number of carbonyl (C=O) groups excluding carboxylic acids is 1. The molecule has 0 radical (unpaired) electrons. The predicted octanol–water partition coefficient (Wildman–Crippen LogP) is 1.51. The molecule has 2 aromatic heterocycles. The maximum atomic E-state index is 13.0. The van der Waals surface area contributed by atoms with Crippen molar-refractivity contribution >= 4 is 17.9 Å². The minimum absolute atomic E-state index is 0.0409. The number of hydrogen-bond acceptors (Lipinski definition) is 9. The zero-order valence-corrected chi connectivity index (χ0v) is 16.5. The van der Waals surface area contributed by atoms with Crippen LogP contribution in [0, 0.1) is 5.92 Å². The fourth-order valence-electron chi connectivity index (χ4n) is 4.00. The van der Waals surface area contributed by atoms with E-state index in [1.807, 2.05) is 6.21 Å². The molecule has 0 aromatic carbocycles. The van der Waals surface area contributed by atoms with E-state index in [4.69, 9.17) is 5.73 Å². The summed E-state index contributed by atoms with van der Waals surface area (Å²) in [6.07, 6.45) is 11.3. The SMILES string of the molecule is Nc1nonc1-n1nnc(CN2CCCCC2)c1C(=O)N/N=C\C1CCCCC1. The summed E-state index contributed by atoms with van der Waals surface area (Å²) < 4.78 is 5.94. The molecule has 0 bridgehead atoms. The Bertz CT molecular complexity index is 847. The molecule has 11 nitrogen and oxygen atoms in total. The highest BCUT2D eigenvalue weighted by Gasteiger charge is 2.26. The van der Waals surface area contributed by atoms with Gasteiger partial charge in [0.1, 0.15) is 5.69 Å². The van der Waals surface area contributed by atoms with Gasteiger partial charge in [-0.2, -0.15) is 9.78 Å². The monoisotopic (exact) mass is 401 g/mol. The second kappa shape index (κ2) is 9.12. The fraction of sp³-hybridized carbons (Fsp3) is 0.667. The van der Waals surface area contributed by atoms with E-state index >= 15 is 0 Å². The van der Waals surface area contributed by atoms with Gasteiger partial charge in [-0.25, -0.2) is 10.1 Å². The zero-order valence-electron chi connectivity index (χ0n) is 16.5. The van der Waals surface area contributed by atoms with Crippen molar-refractivity contribution in [2.75, 3.05) is 18.8 Å². The summed E-state index contributed by atoms with van der Waals surface area (Å²) >= 11 is 0. The van der Waals surface area contributed by atoms with Gasteiger partial charge >= 0.3 is 0 Å². The van der Waals surface area contributed by atoms with Crippen LogP contribution in [0.4, 0.5) is 5.82 Å². The number of likely N-dealkylation sites (tertiary alicyclic amines) is 1. The lowest BCUT2D eigenvalue weighted by atomic mass is 9.90. The Morgan fingerprint density at radius 2 is 1.93 bits per heavy atom. The van der Waals surface area contributed by atoms with Crippen LogP contribution in [0.15, 0.2) is 9.73 Å². The van der Waals surface area contributed by atoms with Gasteiger partial charge in [-0.1, -0.05) is 30.9 Å². The van der Waals surface area contributed by atoms with Crippen LogP contribution in [0.25, 0.3) is 5.82 Å². The molecule has 1 amide bonds. The Morgan fingerprint density at radius 3 is 2.66 bits per heavy atom. The Hall–Kier alpha value is -2.82. The van der Waals surface area contributed by atoms with Gasteiger partial charge in [0, 0.05) is 12.8 Å². The number of aromatic nitrogens is 5. The highest BCUT2D eigenvalue weighted by atomic mass is 16.6. The van der Waals surface area contributed by atoms with Gasteiger partial charge in [0.15, 0.2) is 5.69 Å². The summed E-state index contributed by atoms with van der Waals surface area (Å²) in [5.41, 5.74) is 9.23. The second-order valence-corrected chi connectivity index (χ2v) is 7.72. The smallest absolute Gasteiger partial charge is 0.292 e. The molecule has 1 aliphatic heterocycles. The van der Waals surface area contributed by atoms with Gasteiger partial charge in [-0.3, -0.25) is 9.69 Å². The van der Waals surface area contributed by atoms with E-state index in [0.717, 1.165) is 38.8 Å². The number of nitrogens with zero attached hydrogens (tertiary/aromatic N) is 7. The molecular weight excluding hydrogens is 374 g/mol. The van der Waals surface area contributed by atoms with Crippen LogP contribution in [0.1, 0.15) is 67.5 Å². The van der Waals surface area contributed by atoms with Crippen LogP contribution in [0.2, 0.25) is 0 Å². The summed E-state index contributed by atoms with van der Waals surface area (Å²) in [5.74, 6) is 0.190. The minimum Gasteiger partial charge on any atom is -0.378 e. The highest BCUT2D eigenvalue weighted by molar-refractivity contribution is 5.94. The van der Waals surface area contributed by atoms with Gasteiger partial charge in [0.05, 0.1) is 0 Å². The molecule has 2 fully saturated rings. The molecule has 156 valence electrons. The molecule has 4 rings (SSSR count). The van der Waals surface area contributed by atoms with E-state index in [2.05, 4.69) is 40.7 Å². The van der Waals surface area contributed by atoms with Crippen molar-refractivity contribution in [3.05, 3.63) is 11.4 Å². The maximum absolute atomic E-state index is 13.0. The van der Waals surface area contributed by atoms with Gasteiger partial charge < -0.3 is 5.73 Å². The molecule has 0 unspecified atom stereocenters. The lowest BCUT2D eigenvalue weighted by Gasteiger charge is -2.25. The number of rotatable bonds is 6. The Kier molecular flexibility index (Phi) is 6.13. The number of hydrogen-bond donors (Lipinski definition) is 2. The lowest BCUT2D eigenvalue weighted by molar-refractivity contribution is 0.0944. The predicted molar refractivity (Wildman–Crippen MR) is 105 cm³/mol. The molecule has 1 saturated carbocycles. The van der Waals surface area contributed by atoms with Crippen molar-refractivity contribution in [1.82, 2.24) is 35.6 Å². The van der Waals surface area contributed by atoms with Crippen LogP contribution in [-0.4, -0.2) is 55.4 Å². The van der Waals surface area contributed by atoms with Crippen molar-refractivity contribution in [2.45, 2.75) is 57.9 Å². The Labute approximate surface area is 168 Å². The average Bonchev–Trinajstić information content (AvgIpc) is 3.35. The van der Waals surface area contributed by atoms with Crippen LogP contribution < -0.4 is 11.2 Å². The van der Waals surface area contributed by atoms with Crippen LogP contribution >= 0.6 is 0 Å². The summed E-state index contributed by atoms with van der Waals surface area (Å²) in [4.78, 5) is 15.2. The molecule has 3 N–H and O–H groups in total. The molecule has 0 atom stereocenters. The van der Waals surface area contributed by atoms with Gasteiger partial charge in [-0.05, 0) is 55.0 Å². The van der Waals surface area contributed by atoms with E-state index in [1.54, 1.807) is 0 Å². The molecule has 3 heterocycles. The first-order valence-corrected chi connectivity index (χ1v) is 10.3. The molecule has 2 aliphatic rings. The molecule has 1 aliphatic carbocycles. The molecular formula is C18H27N9O2. The molecule has 1 saturated heterocycles. The van der Waals surface area contributed by atoms with E-state index < -0.39 is 5.91 Å². The van der Waals surface area contributed by atoms with Crippen molar-refractivity contribution in [3.8, 4) is 5.82 Å². The second-order valence-electron chi connectivity index (χ2n) is 7.72. The third-order valence-electron chi connectivity index (χ3n) is 5.57. The van der Waals surface area contributed by atoms with Crippen LogP contribution in [-0.2, 0) is 6.54 Å². The summed E-state index contributed by atoms with van der Waals surface area (Å²) in [6.45, 7) is 2.48. The Morgan fingerprint density at radius 1 is 1.17 bits per heavy atom. The van der Waals surface area contributed by atoms with Crippen LogP contribution in [0.5, 0.6) is 0 Å². The number of anilines is 1. The van der Waals surface area contributed by atoms with Gasteiger partial charge in [0.2, 0.25) is 11.6 Å². The fourth-order valence-corrected chi connectivity index (χ4v) is 4.00. The Balaban J connectivity index is 1.54. The van der Waals surface area contributed by atoms with Crippen LogP contribution in [0.3, 0.4) is 0 Å². The number of nitrogens with two attached hydrogens (primary N) is 1. The first-order chi connectivity index (χ1) is 14.2. The number of nitrogen functional groups attached to an aromatic ring is 1. The van der Waals surface area contributed by atoms with E-state index in [0.29, 0.717) is 18.2 Å². The molecule has 0 spiro atoms. The first kappa shape index (κ1) is 19.5. The highest BCUT2D eigenvalue weighted by Crippen LogP contribution is 2.22. The largest absolute Gasteiger partial charge is 0.378 e. The quantitative estimate of drug-likeness (QED) is 0.548. The number of amides is 1. The average molecular weight is 401 g/mol.